The smallest absolute Gasteiger partial charge is 0.306 e. The number of benzene rings is 1. The van der Waals surface area contributed by atoms with Crippen LogP contribution in [-0.2, 0) is 20.9 Å². The minimum Gasteiger partial charge on any atom is -0.493 e. The molecule has 2 rings (SSSR count). The Hall–Kier alpha value is -2.05. The second kappa shape index (κ2) is 10.2. The Morgan fingerprint density at radius 2 is 2.08 bits per heavy atom. The molecule has 1 aromatic heterocycles. The molecule has 0 atom stereocenters. The van der Waals surface area contributed by atoms with Crippen LogP contribution in [0, 0.1) is 6.92 Å². The Morgan fingerprint density at radius 1 is 1.27 bits per heavy atom. The molecule has 0 spiro atoms. The first-order valence-electron chi connectivity index (χ1n) is 8.26. The zero-order valence-electron chi connectivity index (χ0n) is 14.9. The van der Waals surface area contributed by atoms with Gasteiger partial charge in [0.2, 0.25) is 0 Å². The molecule has 0 bridgehead atoms. The van der Waals surface area contributed by atoms with Crippen LogP contribution >= 0.6 is 22.9 Å². The number of hydrogen-bond acceptors (Lipinski definition) is 5. The average molecular weight is 396 g/mol. The number of ether oxygens (including phenoxy) is 2. The van der Waals surface area contributed by atoms with E-state index in [4.69, 9.17) is 21.1 Å². The number of aryl methyl sites for hydroxylation is 1. The van der Waals surface area contributed by atoms with Crippen molar-refractivity contribution < 1.29 is 19.1 Å². The number of amides is 1. The average Bonchev–Trinajstić information content (AvgIpc) is 3.11. The first-order valence-corrected chi connectivity index (χ1v) is 9.52. The van der Waals surface area contributed by atoms with Crippen LogP contribution in [0.3, 0.4) is 0 Å². The largest absolute Gasteiger partial charge is 0.493 e. The summed E-state index contributed by atoms with van der Waals surface area (Å²) >= 11 is 7.48. The molecule has 0 radical (unpaired) electrons. The summed E-state index contributed by atoms with van der Waals surface area (Å²) in [6, 6.07) is 9.28. The molecule has 1 aromatic carbocycles. The highest BCUT2D eigenvalue weighted by atomic mass is 35.5. The van der Waals surface area contributed by atoms with E-state index >= 15 is 0 Å². The summed E-state index contributed by atoms with van der Waals surface area (Å²) in [5.41, 5.74) is 0.944. The van der Waals surface area contributed by atoms with E-state index in [1.54, 1.807) is 35.4 Å². The minimum atomic E-state index is -0.403. The molecular weight excluding hydrogens is 374 g/mol. The molecule has 0 aliphatic rings. The standard InChI is InChI=1S/C19H22ClNO4S/c1-14-11-15(20)7-8-17(14)24-9-3-6-19(23)25-13-18(22)21(2)12-16-5-4-10-26-16/h4-5,7-8,10-11H,3,6,9,12-13H2,1-2H3. The van der Waals surface area contributed by atoms with Crippen molar-refractivity contribution in [2.24, 2.45) is 0 Å². The number of carbonyl (C=O) groups excluding carboxylic acids is 2. The summed E-state index contributed by atoms with van der Waals surface area (Å²) in [5, 5.41) is 2.62. The summed E-state index contributed by atoms with van der Waals surface area (Å²) < 4.78 is 10.7. The van der Waals surface area contributed by atoms with Gasteiger partial charge in [-0.15, -0.1) is 11.3 Å². The van der Waals surface area contributed by atoms with Crippen molar-refractivity contribution >= 4 is 34.8 Å². The Labute approximate surface area is 162 Å². The fourth-order valence-electron chi connectivity index (χ4n) is 2.22. The van der Waals surface area contributed by atoms with E-state index in [0.717, 1.165) is 16.2 Å². The van der Waals surface area contributed by atoms with Gasteiger partial charge in [-0.1, -0.05) is 17.7 Å². The van der Waals surface area contributed by atoms with Gasteiger partial charge in [0.1, 0.15) is 5.75 Å². The monoisotopic (exact) mass is 395 g/mol. The third kappa shape index (κ3) is 6.69. The molecule has 0 saturated heterocycles. The molecule has 0 N–H and O–H groups in total. The lowest BCUT2D eigenvalue weighted by Gasteiger charge is -2.16. The number of hydrogen-bond donors (Lipinski definition) is 0. The van der Waals surface area contributed by atoms with Crippen molar-refractivity contribution in [3.05, 3.63) is 51.2 Å². The topological polar surface area (TPSA) is 55.8 Å². The Morgan fingerprint density at radius 3 is 2.77 bits per heavy atom. The maximum atomic E-state index is 12.0. The number of nitrogens with zero attached hydrogens (tertiary/aromatic N) is 1. The highest BCUT2D eigenvalue weighted by Crippen LogP contribution is 2.21. The number of esters is 1. The molecule has 26 heavy (non-hydrogen) atoms. The van der Waals surface area contributed by atoms with Crippen LogP contribution in [0.5, 0.6) is 5.75 Å². The molecule has 0 saturated carbocycles. The van der Waals surface area contributed by atoms with Gasteiger partial charge in [-0.05, 0) is 48.6 Å². The molecule has 2 aromatic rings. The lowest BCUT2D eigenvalue weighted by molar-refractivity contribution is -0.151. The molecule has 1 heterocycles. The minimum absolute atomic E-state index is 0.203. The van der Waals surface area contributed by atoms with E-state index < -0.39 is 5.97 Å². The molecule has 1 amide bonds. The molecular formula is C19H22ClNO4S. The van der Waals surface area contributed by atoms with E-state index in [9.17, 15) is 9.59 Å². The first-order chi connectivity index (χ1) is 12.5. The molecule has 0 aliphatic heterocycles. The normalized spacial score (nSPS) is 10.4. The maximum absolute atomic E-state index is 12.0. The quantitative estimate of drug-likeness (QED) is 0.474. The van der Waals surface area contributed by atoms with Gasteiger partial charge in [0, 0.05) is 23.4 Å². The lowest BCUT2D eigenvalue weighted by atomic mass is 10.2. The van der Waals surface area contributed by atoms with Crippen molar-refractivity contribution in [3.8, 4) is 5.75 Å². The predicted molar refractivity (Wildman–Crippen MR) is 103 cm³/mol. The van der Waals surface area contributed by atoms with Gasteiger partial charge >= 0.3 is 5.97 Å². The van der Waals surface area contributed by atoms with Crippen LogP contribution in [0.2, 0.25) is 5.02 Å². The van der Waals surface area contributed by atoms with E-state index in [0.29, 0.717) is 24.6 Å². The first kappa shape index (κ1) is 20.3. The summed E-state index contributed by atoms with van der Waals surface area (Å²) in [4.78, 5) is 26.3. The van der Waals surface area contributed by atoms with E-state index in [1.807, 2.05) is 30.5 Å². The number of halogens is 1. The summed E-state index contributed by atoms with van der Waals surface area (Å²) in [5.74, 6) is 0.118. The van der Waals surface area contributed by atoms with E-state index in [1.165, 1.54) is 0 Å². The van der Waals surface area contributed by atoms with Gasteiger partial charge in [-0.3, -0.25) is 9.59 Å². The zero-order valence-corrected chi connectivity index (χ0v) is 16.4. The van der Waals surface area contributed by atoms with Crippen LogP contribution in [0.25, 0.3) is 0 Å². The fraction of sp³-hybridized carbons (Fsp3) is 0.368. The van der Waals surface area contributed by atoms with Crippen molar-refractivity contribution in [3.63, 3.8) is 0 Å². The summed E-state index contributed by atoms with van der Waals surface area (Å²) in [6.45, 7) is 2.58. The molecule has 7 heteroatoms. The molecule has 140 valence electrons. The zero-order chi connectivity index (χ0) is 18.9. The van der Waals surface area contributed by atoms with Crippen molar-refractivity contribution in [2.75, 3.05) is 20.3 Å². The van der Waals surface area contributed by atoms with E-state index in [2.05, 4.69) is 0 Å². The number of likely N-dealkylation sites (N-methyl/N-ethyl adjacent to an activating group) is 1. The highest BCUT2D eigenvalue weighted by Gasteiger charge is 2.13. The van der Waals surface area contributed by atoms with Crippen LogP contribution in [0.4, 0.5) is 0 Å². The Bertz CT molecular complexity index is 733. The van der Waals surface area contributed by atoms with Crippen molar-refractivity contribution in [1.29, 1.82) is 0 Å². The third-order valence-electron chi connectivity index (χ3n) is 3.68. The number of carbonyl (C=O) groups is 2. The summed E-state index contributed by atoms with van der Waals surface area (Å²) in [6.07, 6.45) is 0.717. The van der Waals surface area contributed by atoms with Crippen LogP contribution < -0.4 is 4.74 Å². The third-order valence-corrected chi connectivity index (χ3v) is 4.77. The summed E-state index contributed by atoms with van der Waals surface area (Å²) in [7, 11) is 1.69. The van der Waals surface area contributed by atoms with Gasteiger partial charge in [-0.25, -0.2) is 0 Å². The van der Waals surface area contributed by atoms with Gasteiger partial charge < -0.3 is 14.4 Å². The second-order valence-corrected chi connectivity index (χ2v) is 7.32. The number of rotatable bonds is 9. The van der Waals surface area contributed by atoms with Gasteiger partial charge in [0.25, 0.3) is 5.91 Å². The van der Waals surface area contributed by atoms with Gasteiger partial charge in [0.05, 0.1) is 13.2 Å². The lowest BCUT2D eigenvalue weighted by Crippen LogP contribution is -2.30. The Kier molecular flexibility index (Phi) is 7.94. The maximum Gasteiger partial charge on any atom is 0.306 e. The highest BCUT2D eigenvalue weighted by molar-refractivity contribution is 7.09. The van der Waals surface area contributed by atoms with Gasteiger partial charge in [-0.2, -0.15) is 0 Å². The SMILES string of the molecule is Cc1cc(Cl)ccc1OCCCC(=O)OCC(=O)N(C)Cc1cccs1. The van der Waals surface area contributed by atoms with Crippen molar-refractivity contribution in [1.82, 2.24) is 4.90 Å². The number of thiophene rings is 1. The molecule has 0 fully saturated rings. The van der Waals surface area contributed by atoms with Gasteiger partial charge in [0.15, 0.2) is 6.61 Å². The predicted octanol–water partition coefficient (Wildman–Crippen LogP) is 4.07. The van der Waals surface area contributed by atoms with E-state index in [-0.39, 0.29) is 18.9 Å². The molecule has 0 aliphatic carbocycles. The molecule has 5 nitrogen and oxygen atoms in total. The van der Waals surface area contributed by atoms with Crippen LogP contribution in [-0.4, -0.2) is 37.0 Å². The van der Waals surface area contributed by atoms with Crippen LogP contribution in [0.1, 0.15) is 23.3 Å². The van der Waals surface area contributed by atoms with Crippen LogP contribution in [0.15, 0.2) is 35.7 Å². The second-order valence-electron chi connectivity index (χ2n) is 5.85. The molecule has 0 unspecified atom stereocenters. The Balaban J connectivity index is 1.61. The van der Waals surface area contributed by atoms with Crippen molar-refractivity contribution in [2.45, 2.75) is 26.3 Å². The fourth-order valence-corrected chi connectivity index (χ4v) is 3.21.